The molecule has 2 N–H and O–H groups in total. The molecule has 128 valence electrons. The zero-order valence-electron chi connectivity index (χ0n) is 13.9. The average molecular weight is 343 g/mol. The molecule has 0 saturated heterocycles. The Morgan fingerprint density at radius 2 is 1.23 bits per heavy atom. The lowest BCUT2D eigenvalue weighted by atomic mass is 10.3. The summed E-state index contributed by atoms with van der Waals surface area (Å²) < 4.78 is 0. The maximum atomic E-state index is 12.5. The zero-order valence-corrected chi connectivity index (χ0v) is 13.9. The molecule has 6 heteroatoms. The lowest BCUT2D eigenvalue weighted by molar-refractivity contribution is -0.110. The number of hydrazone groups is 1. The molecule has 1 amide bonds. The third kappa shape index (κ3) is 5.10. The van der Waals surface area contributed by atoms with E-state index in [4.69, 9.17) is 0 Å². The monoisotopic (exact) mass is 343 g/mol. The van der Waals surface area contributed by atoms with Gasteiger partial charge in [0.1, 0.15) is 0 Å². The largest absolute Gasteiger partial charge is 0.319 e. The van der Waals surface area contributed by atoms with Gasteiger partial charge in [0, 0.05) is 5.69 Å². The minimum absolute atomic E-state index is 0.0819. The predicted octanol–water partition coefficient (Wildman–Crippen LogP) is 4.83. The number of carbonyl (C=O) groups is 1. The Hall–Kier alpha value is -3.80. The van der Waals surface area contributed by atoms with Crippen LogP contribution >= 0.6 is 0 Å². The number of amides is 1. The molecule has 26 heavy (non-hydrogen) atoms. The van der Waals surface area contributed by atoms with E-state index in [0.717, 1.165) is 5.69 Å². The normalized spacial score (nSPS) is 11.3. The van der Waals surface area contributed by atoms with Crippen LogP contribution in [0, 0.1) is 0 Å². The van der Waals surface area contributed by atoms with Crippen molar-refractivity contribution in [2.45, 2.75) is 0 Å². The number of anilines is 2. The van der Waals surface area contributed by atoms with Crippen molar-refractivity contribution in [1.82, 2.24) is 0 Å². The van der Waals surface area contributed by atoms with E-state index in [0.29, 0.717) is 11.4 Å². The molecule has 0 fully saturated rings. The highest BCUT2D eigenvalue weighted by Crippen LogP contribution is 2.12. The first-order chi connectivity index (χ1) is 12.8. The topological polar surface area (TPSA) is 78.2 Å². The van der Waals surface area contributed by atoms with Crippen LogP contribution in [0.15, 0.2) is 106 Å². The lowest BCUT2D eigenvalue weighted by Gasteiger charge is -2.05. The van der Waals surface area contributed by atoms with Gasteiger partial charge in [0.15, 0.2) is 0 Å². The molecule has 0 spiro atoms. The van der Waals surface area contributed by atoms with E-state index < -0.39 is 5.91 Å². The van der Waals surface area contributed by atoms with Gasteiger partial charge in [0.2, 0.25) is 0 Å². The predicted molar refractivity (Wildman–Crippen MR) is 104 cm³/mol. The molecular weight excluding hydrogens is 326 g/mol. The molecule has 0 saturated carbocycles. The van der Waals surface area contributed by atoms with Gasteiger partial charge in [-0.2, -0.15) is 0 Å². The molecule has 3 aromatic carbocycles. The van der Waals surface area contributed by atoms with Crippen molar-refractivity contribution in [3.63, 3.8) is 0 Å². The summed E-state index contributed by atoms with van der Waals surface area (Å²) in [7, 11) is 0. The van der Waals surface area contributed by atoms with E-state index in [1.807, 2.05) is 66.7 Å². The summed E-state index contributed by atoms with van der Waals surface area (Å²) in [6.07, 6.45) is 0. The van der Waals surface area contributed by atoms with E-state index in [9.17, 15) is 4.79 Å². The quantitative estimate of drug-likeness (QED) is 0.308. The van der Waals surface area contributed by atoms with Crippen LogP contribution in [0.4, 0.5) is 17.1 Å². The summed E-state index contributed by atoms with van der Waals surface area (Å²) in [5.41, 5.74) is 4.85. The molecule has 0 atom stereocenters. The number of benzene rings is 3. The number of hydrogen-bond acceptors (Lipinski definition) is 4. The number of carbonyl (C=O) groups excluding carboxylic acids is 1. The fourth-order valence-electron chi connectivity index (χ4n) is 2.06. The number of rotatable bonds is 4. The van der Waals surface area contributed by atoms with E-state index in [2.05, 4.69) is 26.1 Å². The van der Waals surface area contributed by atoms with Gasteiger partial charge in [-0.3, -0.25) is 10.2 Å². The first-order valence-corrected chi connectivity index (χ1v) is 8.03. The molecule has 0 unspecified atom stereocenters. The van der Waals surface area contributed by atoms with Crippen molar-refractivity contribution in [3.8, 4) is 0 Å². The third-order valence-corrected chi connectivity index (χ3v) is 3.32. The Labute approximate surface area is 151 Å². The molecule has 3 aromatic rings. The minimum Gasteiger partial charge on any atom is -0.319 e. The summed E-state index contributed by atoms with van der Waals surface area (Å²) >= 11 is 0. The Bertz CT molecular complexity index is 893. The van der Waals surface area contributed by atoms with E-state index >= 15 is 0 Å². The second-order valence-corrected chi connectivity index (χ2v) is 5.27. The highest BCUT2D eigenvalue weighted by Gasteiger charge is 2.12. The van der Waals surface area contributed by atoms with Crippen LogP contribution in [0.1, 0.15) is 0 Å². The van der Waals surface area contributed by atoms with E-state index in [-0.39, 0.29) is 5.84 Å². The number of hydrogen-bond donors (Lipinski definition) is 2. The molecule has 6 nitrogen and oxygen atoms in total. The van der Waals surface area contributed by atoms with Crippen LogP contribution in [0.2, 0.25) is 0 Å². The molecule has 0 aromatic heterocycles. The number of nitrogens with one attached hydrogen (secondary N) is 2. The summed E-state index contributed by atoms with van der Waals surface area (Å²) in [5.74, 6) is -0.541. The van der Waals surface area contributed by atoms with Crippen molar-refractivity contribution < 1.29 is 4.79 Å². The van der Waals surface area contributed by atoms with Gasteiger partial charge in [0.05, 0.1) is 11.4 Å². The number of nitrogens with zero attached hydrogens (tertiary/aromatic N) is 3. The third-order valence-electron chi connectivity index (χ3n) is 3.32. The Morgan fingerprint density at radius 3 is 1.85 bits per heavy atom. The molecule has 3 rings (SSSR count). The highest BCUT2D eigenvalue weighted by molar-refractivity contribution is 6.42. The fraction of sp³-hybridized carbons (Fsp3) is 0. The van der Waals surface area contributed by atoms with E-state index in [1.54, 1.807) is 24.3 Å². The summed E-state index contributed by atoms with van der Waals surface area (Å²) in [4.78, 5) is 12.5. The molecule has 0 aliphatic heterocycles. The van der Waals surface area contributed by atoms with Crippen LogP contribution < -0.4 is 10.7 Å². The zero-order chi connectivity index (χ0) is 18.0. The van der Waals surface area contributed by atoms with Crippen molar-refractivity contribution >= 4 is 28.8 Å². The summed E-state index contributed by atoms with van der Waals surface area (Å²) in [5, 5.41) is 14.9. The summed E-state index contributed by atoms with van der Waals surface area (Å²) in [6, 6.07) is 27.6. The first-order valence-electron chi connectivity index (χ1n) is 8.03. The van der Waals surface area contributed by atoms with Gasteiger partial charge in [0.25, 0.3) is 11.7 Å². The van der Waals surface area contributed by atoms with Crippen LogP contribution in [-0.2, 0) is 4.79 Å². The second kappa shape index (κ2) is 8.89. The molecule has 0 aliphatic carbocycles. The van der Waals surface area contributed by atoms with Gasteiger partial charge in [-0.05, 0) is 36.4 Å². The SMILES string of the molecule is O=C(Nc1ccccc1)/C(N=Nc1ccccc1)=N/Nc1ccccc1. The molecule has 0 aliphatic rings. The van der Waals surface area contributed by atoms with Gasteiger partial charge < -0.3 is 5.32 Å². The van der Waals surface area contributed by atoms with Crippen LogP contribution in [-0.4, -0.2) is 11.7 Å². The van der Waals surface area contributed by atoms with Crippen LogP contribution in [0.25, 0.3) is 0 Å². The van der Waals surface area contributed by atoms with E-state index in [1.165, 1.54) is 0 Å². The second-order valence-electron chi connectivity index (χ2n) is 5.27. The van der Waals surface area contributed by atoms with Gasteiger partial charge in [-0.1, -0.05) is 54.6 Å². The fourth-order valence-corrected chi connectivity index (χ4v) is 2.06. The number of para-hydroxylation sites is 2. The van der Waals surface area contributed by atoms with Crippen molar-refractivity contribution in [2.75, 3.05) is 10.7 Å². The van der Waals surface area contributed by atoms with Gasteiger partial charge in [-0.25, -0.2) is 0 Å². The molecule has 0 heterocycles. The summed E-state index contributed by atoms with van der Waals surface area (Å²) in [6.45, 7) is 0. The Morgan fingerprint density at radius 1 is 0.692 bits per heavy atom. The van der Waals surface area contributed by atoms with Gasteiger partial charge in [-0.15, -0.1) is 15.3 Å². The van der Waals surface area contributed by atoms with Crippen molar-refractivity contribution in [2.24, 2.45) is 15.3 Å². The minimum atomic E-state index is -0.459. The standard InChI is InChI=1S/C20H17N5O/c26-20(21-16-10-4-1-5-11-16)19(24-22-17-12-6-2-7-13-17)25-23-18-14-8-3-9-15-18/h1-15,22H,(H,21,26)/b24-19-,25-23?. The maximum absolute atomic E-state index is 12.5. The number of azo groups is 1. The van der Waals surface area contributed by atoms with Crippen molar-refractivity contribution in [3.05, 3.63) is 91.0 Å². The highest BCUT2D eigenvalue weighted by atomic mass is 16.2. The van der Waals surface area contributed by atoms with Crippen molar-refractivity contribution in [1.29, 1.82) is 0 Å². The Kier molecular flexibility index (Phi) is 5.82. The van der Waals surface area contributed by atoms with Crippen LogP contribution in [0.3, 0.4) is 0 Å². The lowest BCUT2D eigenvalue weighted by Crippen LogP contribution is -2.22. The Balaban J connectivity index is 1.80. The van der Waals surface area contributed by atoms with Crippen LogP contribution in [0.5, 0.6) is 0 Å². The van der Waals surface area contributed by atoms with Gasteiger partial charge >= 0.3 is 0 Å². The smallest absolute Gasteiger partial charge is 0.297 e. The average Bonchev–Trinajstić information content (AvgIpc) is 2.70. The first kappa shape index (κ1) is 17.0. The molecule has 0 bridgehead atoms. The number of amidine groups is 1. The molecular formula is C20H17N5O. The molecule has 0 radical (unpaired) electrons. The maximum Gasteiger partial charge on any atom is 0.297 e.